The van der Waals surface area contributed by atoms with Crippen LogP contribution in [0.4, 0.5) is 0 Å². The van der Waals surface area contributed by atoms with Gasteiger partial charge in [-0.2, -0.15) is 0 Å². The van der Waals surface area contributed by atoms with E-state index in [4.69, 9.17) is 4.74 Å². The highest BCUT2D eigenvalue weighted by atomic mass is 16.5. The molecule has 0 bridgehead atoms. The molecule has 0 aliphatic rings. The van der Waals surface area contributed by atoms with Crippen molar-refractivity contribution in [3.05, 3.63) is 12.2 Å². The molecule has 6 nitrogen and oxygen atoms in total. The Hall–Kier alpha value is -1.40. The van der Waals surface area contributed by atoms with Gasteiger partial charge in [0.1, 0.15) is 0 Å². The normalized spacial score (nSPS) is 12.5. The van der Waals surface area contributed by atoms with Crippen molar-refractivity contribution in [2.75, 3.05) is 13.2 Å². The van der Waals surface area contributed by atoms with Crippen LogP contribution in [0.3, 0.4) is 0 Å². The molecule has 0 spiro atoms. The summed E-state index contributed by atoms with van der Waals surface area (Å²) >= 11 is 0. The van der Waals surface area contributed by atoms with Gasteiger partial charge < -0.3 is 20.3 Å². The van der Waals surface area contributed by atoms with Gasteiger partial charge in [0, 0.05) is 12.8 Å². The Morgan fingerprint density at radius 2 is 0.568 bits per heavy atom. The molecule has 0 saturated heterocycles. The molecule has 0 aromatic rings. The Morgan fingerprint density at radius 3 is 0.840 bits per heavy atom. The van der Waals surface area contributed by atoms with E-state index in [1.54, 1.807) is 6.08 Å². The zero-order valence-corrected chi connectivity index (χ0v) is 55.3. The van der Waals surface area contributed by atoms with Gasteiger partial charge in [0.05, 0.1) is 25.4 Å². The highest BCUT2D eigenvalue weighted by Crippen LogP contribution is 2.20. The Morgan fingerprint density at radius 1 is 0.333 bits per heavy atom. The standard InChI is InChI=1S/C75H147NO5/c1-3-5-7-9-11-13-15-17-19-20-21-22-30-33-36-40-43-47-51-55-59-63-67-73(78)72(71-77)76-74(79)68-64-60-56-52-48-44-41-37-34-31-28-26-24-23-25-27-29-32-35-38-42-46-50-54-58-62-66-70-81-75(80)69-65-61-57-53-49-45-39-18-16-14-12-10-8-6-4-2/h63,67,72-73,77-78H,3-62,64-66,68-71H2,1-2H3,(H,76,79)/b67-63+. The molecule has 2 atom stereocenters. The van der Waals surface area contributed by atoms with Gasteiger partial charge in [0.15, 0.2) is 0 Å². The molecule has 0 saturated carbocycles. The summed E-state index contributed by atoms with van der Waals surface area (Å²) in [5.41, 5.74) is 0. The third-order valence-electron chi connectivity index (χ3n) is 17.8. The lowest BCUT2D eigenvalue weighted by atomic mass is 10.0. The molecule has 2 unspecified atom stereocenters. The molecular weight excluding hydrogens is 995 g/mol. The summed E-state index contributed by atoms with van der Waals surface area (Å²) in [5, 5.41) is 23.3. The fourth-order valence-electron chi connectivity index (χ4n) is 12.1. The number of hydrogen-bond acceptors (Lipinski definition) is 5. The first kappa shape index (κ1) is 79.6. The van der Waals surface area contributed by atoms with Crippen LogP contribution in [0, 0.1) is 0 Å². The van der Waals surface area contributed by atoms with Gasteiger partial charge >= 0.3 is 5.97 Å². The van der Waals surface area contributed by atoms with E-state index in [0.29, 0.717) is 19.4 Å². The van der Waals surface area contributed by atoms with E-state index < -0.39 is 12.1 Å². The summed E-state index contributed by atoms with van der Waals surface area (Å²) in [6.07, 6.45) is 88.8. The van der Waals surface area contributed by atoms with Crippen molar-refractivity contribution in [3.8, 4) is 0 Å². The van der Waals surface area contributed by atoms with Gasteiger partial charge in [-0.05, 0) is 32.1 Å². The number of ether oxygens (including phenoxy) is 1. The summed E-state index contributed by atoms with van der Waals surface area (Å²) < 4.78 is 5.50. The largest absolute Gasteiger partial charge is 0.466 e. The maximum Gasteiger partial charge on any atom is 0.305 e. The average molecular weight is 1140 g/mol. The minimum Gasteiger partial charge on any atom is -0.466 e. The maximum absolute atomic E-state index is 12.5. The predicted octanol–water partition coefficient (Wildman–Crippen LogP) is 24.3. The van der Waals surface area contributed by atoms with Crippen LogP contribution in [0.5, 0.6) is 0 Å². The number of esters is 1. The smallest absolute Gasteiger partial charge is 0.305 e. The van der Waals surface area contributed by atoms with Crippen molar-refractivity contribution in [3.63, 3.8) is 0 Å². The van der Waals surface area contributed by atoms with E-state index in [1.165, 1.54) is 366 Å². The monoisotopic (exact) mass is 1140 g/mol. The molecular formula is C75H147NO5. The number of aliphatic hydroxyl groups excluding tert-OH is 2. The Labute approximate surface area is 508 Å². The lowest BCUT2D eigenvalue weighted by Crippen LogP contribution is -2.45. The highest BCUT2D eigenvalue weighted by Gasteiger charge is 2.18. The lowest BCUT2D eigenvalue weighted by molar-refractivity contribution is -0.143. The minimum absolute atomic E-state index is 0.0218. The van der Waals surface area contributed by atoms with Gasteiger partial charge in [0.25, 0.3) is 0 Å². The Bertz CT molecular complexity index is 1220. The van der Waals surface area contributed by atoms with Crippen LogP contribution >= 0.6 is 0 Å². The van der Waals surface area contributed by atoms with Crippen molar-refractivity contribution in [1.29, 1.82) is 0 Å². The summed E-state index contributed by atoms with van der Waals surface area (Å²) in [6, 6.07) is -0.626. The summed E-state index contributed by atoms with van der Waals surface area (Å²) in [4.78, 5) is 24.6. The average Bonchev–Trinajstić information content (AvgIpc) is 3.47. The van der Waals surface area contributed by atoms with Crippen molar-refractivity contribution in [2.45, 2.75) is 443 Å². The van der Waals surface area contributed by atoms with Crippen LogP contribution < -0.4 is 5.32 Å². The maximum atomic E-state index is 12.5. The number of carbonyl (C=O) groups is 2. The first-order chi connectivity index (χ1) is 40.0. The van der Waals surface area contributed by atoms with E-state index in [-0.39, 0.29) is 18.5 Å². The topological polar surface area (TPSA) is 95.9 Å². The van der Waals surface area contributed by atoms with Crippen molar-refractivity contribution >= 4 is 11.9 Å². The highest BCUT2D eigenvalue weighted by molar-refractivity contribution is 5.76. The Kier molecular flexibility index (Phi) is 69.9. The number of aliphatic hydroxyl groups is 2. The quantitative estimate of drug-likeness (QED) is 0.0320. The van der Waals surface area contributed by atoms with Crippen LogP contribution in [0.25, 0.3) is 0 Å². The number of carbonyl (C=O) groups excluding carboxylic acids is 2. The van der Waals surface area contributed by atoms with Gasteiger partial charge in [0.2, 0.25) is 5.91 Å². The lowest BCUT2D eigenvalue weighted by Gasteiger charge is -2.20. The van der Waals surface area contributed by atoms with E-state index >= 15 is 0 Å². The zero-order chi connectivity index (χ0) is 58.5. The van der Waals surface area contributed by atoms with Crippen LogP contribution in [-0.4, -0.2) is 47.4 Å². The predicted molar refractivity (Wildman–Crippen MR) is 357 cm³/mol. The number of rotatable bonds is 71. The summed E-state index contributed by atoms with van der Waals surface area (Å²) in [7, 11) is 0. The molecule has 0 aromatic heterocycles. The number of hydrogen-bond donors (Lipinski definition) is 3. The molecule has 0 heterocycles. The summed E-state index contributed by atoms with van der Waals surface area (Å²) in [5.74, 6) is -0.0383. The van der Waals surface area contributed by atoms with E-state index in [0.717, 1.165) is 38.5 Å². The van der Waals surface area contributed by atoms with Crippen LogP contribution in [0.1, 0.15) is 431 Å². The van der Waals surface area contributed by atoms with Gasteiger partial charge in [-0.3, -0.25) is 9.59 Å². The molecule has 0 aromatic carbocycles. The SMILES string of the molecule is CCCCCCCCCCCCCCCCCCCCCC/C=C/C(O)C(CO)NC(=O)CCCCCCCCCCCCCCCCCCCCCCCCCCCCCOC(=O)CCCCCCCCCCCCCCCCC. The molecule has 482 valence electrons. The third-order valence-corrected chi connectivity index (χ3v) is 17.8. The van der Waals surface area contributed by atoms with E-state index in [2.05, 4.69) is 19.2 Å². The zero-order valence-electron chi connectivity index (χ0n) is 55.3. The second-order valence-electron chi connectivity index (χ2n) is 26.0. The fraction of sp³-hybridized carbons (Fsp3) is 0.947. The molecule has 0 aliphatic heterocycles. The molecule has 1 amide bonds. The molecule has 0 aliphatic carbocycles. The first-order valence-corrected chi connectivity index (χ1v) is 37.5. The number of allylic oxidation sites excluding steroid dienone is 1. The molecule has 0 radical (unpaired) electrons. The van der Waals surface area contributed by atoms with Crippen LogP contribution in [0.2, 0.25) is 0 Å². The second-order valence-corrected chi connectivity index (χ2v) is 26.0. The molecule has 0 rings (SSSR count). The van der Waals surface area contributed by atoms with Gasteiger partial charge in [-0.1, -0.05) is 398 Å². The van der Waals surface area contributed by atoms with Crippen LogP contribution in [0.15, 0.2) is 12.2 Å². The molecule has 81 heavy (non-hydrogen) atoms. The van der Waals surface area contributed by atoms with Crippen molar-refractivity contribution in [1.82, 2.24) is 5.32 Å². The van der Waals surface area contributed by atoms with Gasteiger partial charge in [-0.15, -0.1) is 0 Å². The number of amides is 1. The third kappa shape index (κ3) is 67.6. The number of nitrogens with one attached hydrogen (secondary N) is 1. The minimum atomic E-state index is -0.843. The van der Waals surface area contributed by atoms with Crippen molar-refractivity contribution < 1.29 is 24.5 Å². The summed E-state index contributed by atoms with van der Waals surface area (Å²) in [6.45, 7) is 4.96. The van der Waals surface area contributed by atoms with E-state index in [1.807, 2.05) is 6.08 Å². The van der Waals surface area contributed by atoms with Crippen molar-refractivity contribution in [2.24, 2.45) is 0 Å². The second kappa shape index (κ2) is 71.1. The van der Waals surface area contributed by atoms with Crippen LogP contribution in [-0.2, 0) is 14.3 Å². The number of unbranched alkanes of at least 4 members (excludes halogenated alkanes) is 60. The molecule has 6 heteroatoms. The fourth-order valence-corrected chi connectivity index (χ4v) is 12.1. The molecule has 0 fully saturated rings. The van der Waals surface area contributed by atoms with E-state index in [9.17, 15) is 19.8 Å². The molecule has 3 N–H and O–H groups in total. The first-order valence-electron chi connectivity index (χ1n) is 37.5. The van der Waals surface area contributed by atoms with Gasteiger partial charge in [-0.25, -0.2) is 0 Å². The Balaban J connectivity index is 3.36.